The number of anilines is 1. The molecule has 8 nitrogen and oxygen atoms in total. The first kappa shape index (κ1) is 20.1. The Morgan fingerprint density at radius 2 is 2.11 bits per heavy atom. The van der Waals surface area contributed by atoms with Crippen LogP contribution in [0, 0.1) is 0 Å². The van der Waals surface area contributed by atoms with Gasteiger partial charge in [0.25, 0.3) is 0 Å². The van der Waals surface area contributed by atoms with Crippen molar-refractivity contribution < 1.29 is 28.1 Å². The highest BCUT2D eigenvalue weighted by Crippen LogP contribution is 2.35. The number of aliphatic hydroxyl groups is 2. The van der Waals surface area contributed by atoms with Crippen molar-refractivity contribution in [3.8, 4) is 0 Å². The van der Waals surface area contributed by atoms with Crippen LogP contribution in [-0.4, -0.2) is 66.5 Å². The van der Waals surface area contributed by atoms with Gasteiger partial charge in [-0.2, -0.15) is 25.8 Å². The number of ether oxygens (including phenoxy) is 1. The first-order valence-electron chi connectivity index (χ1n) is 8.41. The van der Waals surface area contributed by atoms with Crippen LogP contribution in [0.2, 0.25) is 0 Å². The fourth-order valence-electron chi connectivity index (χ4n) is 2.91. The van der Waals surface area contributed by atoms with Gasteiger partial charge >= 0.3 is 6.18 Å². The van der Waals surface area contributed by atoms with Gasteiger partial charge in [0.2, 0.25) is 0 Å². The second kappa shape index (κ2) is 7.78. The van der Waals surface area contributed by atoms with E-state index in [1.165, 1.54) is 10.9 Å². The molecule has 0 bridgehead atoms. The summed E-state index contributed by atoms with van der Waals surface area (Å²) in [5, 5.41) is 21.7. The fraction of sp³-hybridized carbons (Fsp3) is 0.667. The number of nitrogens with zero attached hydrogens (tertiary/aromatic N) is 4. The summed E-state index contributed by atoms with van der Waals surface area (Å²) in [5.74, 6) is 0.344. The van der Waals surface area contributed by atoms with Crippen LogP contribution < -0.4 is 5.32 Å². The van der Waals surface area contributed by atoms with Gasteiger partial charge < -0.3 is 20.3 Å². The standard InChI is InChI=1S/C15H20F3N5O3S/c1-2-19-12-9-13(22-8(21-12)3-4-15(16,17)18)23(6-20-9)14-11(27)10(25)7(5-24)26-14/h6-7,10-11,14,24-25,27H,2-5H2,1H3,(H,19,21,22)/t7-,10-,11-,14-/m1/s1. The lowest BCUT2D eigenvalue weighted by atomic mass is 10.2. The molecule has 4 atom stereocenters. The molecular weight excluding hydrogens is 387 g/mol. The molecule has 1 aliphatic heterocycles. The number of halogens is 3. The van der Waals surface area contributed by atoms with Crippen molar-refractivity contribution in [2.24, 2.45) is 0 Å². The number of alkyl halides is 3. The zero-order valence-corrected chi connectivity index (χ0v) is 15.3. The van der Waals surface area contributed by atoms with Crippen molar-refractivity contribution in [3.63, 3.8) is 0 Å². The van der Waals surface area contributed by atoms with Crippen molar-refractivity contribution in [2.45, 2.75) is 49.6 Å². The van der Waals surface area contributed by atoms with E-state index in [1.807, 2.05) is 6.92 Å². The molecule has 0 spiro atoms. The first-order chi connectivity index (χ1) is 12.7. The quantitative estimate of drug-likeness (QED) is 0.535. The Balaban J connectivity index is 2.00. The third-order valence-electron chi connectivity index (χ3n) is 4.24. The molecule has 2 aromatic heterocycles. The Bertz CT molecular complexity index is 803. The molecule has 0 aliphatic carbocycles. The normalized spacial score (nSPS) is 26.0. The second-order valence-electron chi connectivity index (χ2n) is 6.19. The Morgan fingerprint density at radius 3 is 2.70 bits per heavy atom. The molecule has 0 saturated carbocycles. The summed E-state index contributed by atoms with van der Waals surface area (Å²) in [6, 6.07) is 0. The van der Waals surface area contributed by atoms with Crippen LogP contribution in [0.5, 0.6) is 0 Å². The van der Waals surface area contributed by atoms with E-state index in [4.69, 9.17) is 4.74 Å². The van der Waals surface area contributed by atoms with Crippen molar-refractivity contribution in [1.29, 1.82) is 0 Å². The minimum Gasteiger partial charge on any atom is -0.394 e. The van der Waals surface area contributed by atoms with Crippen LogP contribution in [0.15, 0.2) is 6.33 Å². The Hall–Kier alpha value is -1.63. The van der Waals surface area contributed by atoms with Crippen LogP contribution in [-0.2, 0) is 11.2 Å². The molecule has 1 aliphatic rings. The van der Waals surface area contributed by atoms with Gasteiger partial charge in [0.15, 0.2) is 23.2 Å². The van der Waals surface area contributed by atoms with Gasteiger partial charge in [-0.3, -0.25) is 4.57 Å². The van der Waals surface area contributed by atoms with Crippen LogP contribution in [0.3, 0.4) is 0 Å². The van der Waals surface area contributed by atoms with Gasteiger partial charge in [-0.25, -0.2) is 15.0 Å². The van der Waals surface area contributed by atoms with Crippen LogP contribution in [0.25, 0.3) is 11.2 Å². The summed E-state index contributed by atoms with van der Waals surface area (Å²) in [7, 11) is 0. The van der Waals surface area contributed by atoms with Crippen LogP contribution in [0.1, 0.15) is 25.4 Å². The SMILES string of the molecule is CCNc1nc(CCC(F)(F)F)nc2c1ncn2[C@@H]1O[C@H](CO)[C@@H](O)[C@H]1S. The van der Waals surface area contributed by atoms with Crippen LogP contribution in [0.4, 0.5) is 19.0 Å². The number of imidazole rings is 1. The fourth-order valence-corrected chi connectivity index (χ4v) is 3.32. The molecule has 3 heterocycles. The molecular formula is C15H20F3N5O3S. The van der Waals surface area contributed by atoms with Crippen molar-refractivity contribution in [1.82, 2.24) is 19.5 Å². The third kappa shape index (κ3) is 4.13. The van der Waals surface area contributed by atoms with E-state index in [9.17, 15) is 23.4 Å². The average Bonchev–Trinajstić information content (AvgIpc) is 3.15. The van der Waals surface area contributed by atoms with E-state index in [0.29, 0.717) is 17.9 Å². The molecule has 2 aromatic rings. The average molecular weight is 407 g/mol. The van der Waals surface area contributed by atoms with Crippen molar-refractivity contribution >= 4 is 29.6 Å². The Labute approximate surface area is 158 Å². The number of nitrogens with one attached hydrogen (secondary N) is 1. The number of rotatable bonds is 6. The molecule has 27 heavy (non-hydrogen) atoms. The van der Waals surface area contributed by atoms with E-state index in [2.05, 4.69) is 32.9 Å². The molecule has 150 valence electrons. The first-order valence-corrected chi connectivity index (χ1v) is 8.93. The summed E-state index contributed by atoms with van der Waals surface area (Å²) in [6.45, 7) is 1.93. The van der Waals surface area contributed by atoms with Crippen molar-refractivity contribution in [3.05, 3.63) is 12.2 Å². The minimum absolute atomic E-state index is 0.0190. The number of aryl methyl sites for hydroxylation is 1. The molecule has 0 radical (unpaired) electrons. The highest BCUT2D eigenvalue weighted by molar-refractivity contribution is 7.81. The highest BCUT2D eigenvalue weighted by atomic mass is 32.1. The molecule has 1 fully saturated rings. The third-order valence-corrected chi connectivity index (χ3v) is 4.80. The number of aromatic nitrogens is 4. The topological polar surface area (TPSA) is 105 Å². The molecule has 1 saturated heterocycles. The summed E-state index contributed by atoms with van der Waals surface area (Å²) in [5.41, 5.74) is 0.645. The zero-order valence-electron chi connectivity index (χ0n) is 14.4. The highest BCUT2D eigenvalue weighted by Gasteiger charge is 2.43. The predicted molar refractivity (Wildman–Crippen MR) is 93.6 cm³/mol. The van der Waals surface area contributed by atoms with Crippen molar-refractivity contribution in [2.75, 3.05) is 18.5 Å². The van der Waals surface area contributed by atoms with Gasteiger partial charge in [0, 0.05) is 13.0 Å². The largest absolute Gasteiger partial charge is 0.394 e. The minimum atomic E-state index is -4.32. The predicted octanol–water partition coefficient (Wildman–Crippen LogP) is 1.30. The molecule has 12 heteroatoms. The van der Waals surface area contributed by atoms with E-state index in [0.717, 1.165) is 0 Å². The van der Waals surface area contributed by atoms with Gasteiger partial charge in [-0.15, -0.1) is 0 Å². The summed E-state index contributed by atoms with van der Waals surface area (Å²) in [6.07, 6.45) is -6.95. The lowest BCUT2D eigenvalue weighted by Crippen LogP contribution is -2.30. The van der Waals surface area contributed by atoms with Gasteiger partial charge in [-0.05, 0) is 6.92 Å². The van der Waals surface area contributed by atoms with E-state index >= 15 is 0 Å². The monoisotopic (exact) mass is 407 g/mol. The maximum atomic E-state index is 12.6. The Kier molecular flexibility index (Phi) is 5.79. The number of aliphatic hydroxyl groups excluding tert-OH is 2. The molecule has 0 amide bonds. The second-order valence-corrected chi connectivity index (χ2v) is 6.78. The summed E-state index contributed by atoms with van der Waals surface area (Å²) >= 11 is 4.34. The summed E-state index contributed by atoms with van der Waals surface area (Å²) in [4.78, 5) is 12.6. The molecule has 3 N–H and O–H groups in total. The number of fused-ring (bicyclic) bond motifs is 1. The smallest absolute Gasteiger partial charge is 0.389 e. The van der Waals surface area contributed by atoms with Crippen LogP contribution >= 0.6 is 12.6 Å². The number of hydrogen-bond donors (Lipinski definition) is 4. The molecule has 0 unspecified atom stereocenters. The van der Waals surface area contributed by atoms with Gasteiger partial charge in [-0.1, -0.05) is 0 Å². The maximum absolute atomic E-state index is 12.6. The Morgan fingerprint density at radius 1 is 1.37 bits per heavy atom. The van der Waals surface area contributed by atoms with Gasteiger partial charge in [0.1, 0.15) is 11.9 Å². The van der Waals surface area contributed by atoms with Gasteiger partial charge in [0.05, 0.1) is 30.7 Å². The maximum Gasteiger partial charge on any atom is 0.389 e. The zero-order chi connectivity index (χ0) is 19.8. The molecule has 3 rings (SSSR count). The van der Waals surface area contributed by atoms with E-state index in [1.54, 1.807) is 0 Å². The van der Waals surface area contributed by atoms with E-state index < -0.39 is 42.9 Å². The number of thiol groups is 1. The van der Waals surface area contributed by atoms with E-state index in [-0.39, 0.29) is 17.9 Å². The lowest BCUT2D eigenvalue weighted by Gasteiger charge is -2.17. The lowest BCUT2D eigenvalue weighted by molar-refractivity contribution is -0.134. The number of hydrogen-bond acceptors (Lipinski definition) is 8. The summed E-state index contributed by atoms with van der Waals surface area (Å²) < 4.78 is 44.8. The molecule has 0 aromatic carbocycles.